The number of ether oxygens (including phenoxy) is 2. The van der Waals surface area contributed by atoms with E-state index in [4.69, 9.17) is 20.9 Å². The first kappa shape index (κ1) is 19.7. The Morgan fingerprint density at radius 1 is 1.25 bits per heavy atom. The van der Waals surface area contributed by atoms with Crippen molar-refractivity contribution in [2.24, 2.45) is 5.73 Å². The molecule has 2 atom stereocenters. The lowest BCUT2D eigenvalue weighted by atomic mass is 9.89. The monoisotopic (exact) mass is 387 g/mol. The number of hydrogen-bond donors (Lipinski definition) is 3. The van der Waals surface area contributed by atoms with Crippen molar-refractivity contribution in [3.05, 3.63) is 35.0 Å². The summed E-state index contributed by atoms with van der Waals surface area (Å²) < 4.78 is 12.2. The van der Waals surface area contributed by atoms with E-state index < -0.39 is 11.8 Å². The third-order valence-corrected chi connectivity index (χ3v) is 4.99. The van der Waals surface area contributed by atoms with E-state index >= 15 is 0 Å². The van der Waals surface area contributed by atoms with Gasteiger partial charge in [0.25, 0.3) is 5.91 Å². The molecule has 28 heavy (non-hydrogen) atoms. The first-order valence-corrected chi connectivity index (χ1v) is 8.99. The van der Waals surface area contributed by atoms with Crippen molar-refractivity contribution in [2.45, 2.75) is 25.3 Å². The maximum atomic E-state index is 12.6. The minimum Gasteiger partial charge on any atom is -0.497 e. The standard InChI is InChI=1S/C19H25N5O4/c1-10(25)15(11-6-13(27-2)8-14(7-11)28-3)17-16(19(21)26)18(20)24(23-17)12-4-5-22-9-12/h6-8,12,15,22H,4-5,9,20H2,1-3H3,(H2,21,26). The lowest BCUT2D eigenvalue weighted by molar-refractivity contribution is -0.117. The number of benzene rings is 1. The van der Waals surface area contributed by atoms with E-state index in [1.807, 2.05) is 0 Å². The molecule has 1 aliphatic rings. The molecule has 3 rings (SSSR count). The molecule has 150 valence electrons. The minimum atomic E-state index is -0.829. The zero-order valence-corrected chi connectivity index (χ0v) is 16.2. The number of nitrogen functional groups attached to an aromatic ring is 1. The molecule has 2 heterocycles. The van der Waals surface area contributed by atoms with Crippen molar-refractivity contribution in [1.82, 2.24) is 15.1 Å². The largest absolute Gasteiger partial charge is 0.497 e. The van der Waals surface area contributed by atoms with E-state index in [0.29, 0.717) is 23.6 Å². The van der Waals surface area contributed by atoms with E-state index in [9.17, 15) is 9.59 Å². The summed E-state index contributed by atoms with van der Waals surface area (Å²) in [5.41, 5.74) is 12.7. The highest BCUT2D eigenvalue weighted by atomic mass is 16.5. The average Bonchev–Trinajstić information content (AvgIpc) is 3.29. The third kappa shape index (κ3) is 3.53. The van der Waals surface area contributed by atoms with Crippen molar-refractivity contribution in [3.8, 4) is 11.5 Å². The van der Waals surface area contributed by atoms with Gasteiger partial charge in [0.15, 0.2) is 0 Å². The summed E-state index contributed by atoms with van der Waals surface area (Å²) >= 11 is 0. The molecule has 2 aromatic rings. The van der Waals surface area contributed by atoms with Gasteiger partial charge in [0.1, 0.15) is 28.7 Å². The fraction of sp³-hybridized carbons (Fsp3) is 0.421. The molecule has 1 aliphatic heterocycles. The highest BCUT2D eigenvalue weighted by Gasteiger charge is 2.33. The van der Waals surface area contributed by atoms with Gasteiger partial charge in [0.2, 0.25) is 0 Å². The van der Waals surface area contributed by atoms with Crippen molar-refractivity contribution in [1.29, 1.82) is 0 Å². The van der Waals surface area contributed by atoms with Gasteiger partial charge in [-0.2, -0.15) is 5.10 Å². The maximum absolute atomic E-state index is 12.6. The number of primary amides is 1. The number of rotatable bonds is 7. The van der Waals surface area contributed by atoms with Crippen molar-refractivity contribution >= 4 is 17.5 Å². The molecular formula is C19H25N5O4. The number of carbonyl (C=O) groups excluding carboxylic acids is 2. The topological polar surface area (TPSA) is 134 Å². The van der Waals surface area contributed by atoms with Crippen LogP contribution in [0.2, 0.25) is 0 Å². The molecule has 9 nitrogen and oxygen atoms in total. The molecule has 0 bridgehead atoms. The van der Waals surface area contributed by atoms with E-state index in [1.54, 1.807) is 22.9 Å². The van der Waals surface area contributed by atoms with Crippen molar-refractivity contribution in [2.75, 3.05) is 33.0 Å². The molecule has 0 spiro atoms. The second kappa shape index (κ2) is 7.89. The molecule has 1 aromatic heterocycles. The Morgan fingerprint density at radius 2 is 1.89 bits per heavy atom. The number of nitrogens with one attached hydrogen (secondary N) is 1. The Morgan fingerprint density at radius 3 is 2.36 bits per heavy atom. The molecule has 0 radical (unpaired) electrons. The molecule has 1 amide bonds. The van der Waals surface area contributed by atoms with Gasteiger partial charge < -0.3 is 26.3 Å². The molecule has 9 heteroatoms. The molecule has 1 saturated heterocycles. The highest BCUT2D eigenvalue weighted by molar-refractivity contribution is 6.01. The average molecular weight is 387 g/mol. The fourth-order valence-electron chi connectivity index (χ4n) is 3.63. The van der Waals surface area contributed by atoms with E-state index in [2.05, 4.69) is 10.4 Å². The molecule has 5 N–H and O–H groups in total. The van der Waals surface area contributed by atoms with Gasteiger partial charge >= 0.3 is 0 Å². The van der Waals surface area contributed by atoms with Crippen LogP contribution < -0.4 is 26.3 Å². The fourth-order valence-corrected chi connectivity index (χ4v) is 3.63. The van der Waals surface area contributed by atoms with Crippen LogP contribution in [0.4, 0.5) is 5.82 Å². The summed E-state index contributed by atoms with van der Waals surface area (Å²) in [7, 11) is 3.05. The van der Waals surface area contributed by atoms with Crippen LogP contribution in [-0.2, 0) is 4.79 Å². The van der Waals surface area contributed by atoms with Crippen LogP contribution in [0.1, 0.15) is 46.9 Å². The number of nitrogens with zero attached hydrogens (tertiary/aromatic N) is 2. The first-order valence-electron chi connectivity index (χ1n) is 8.99. The van der Waals surface area contributed by atoms with Crippen LogP contribution >= 0.6 is 0 Å². The molecule has 1 aromatic carbocycles. The van der Waals surface area contributed by atoms with Crippen molar-refractivity contribution < 1.29 is 19.1 Å². The van der Waals surface area contributed by atoms with Gasteiger partial charge in [0, 0.05) is 12.6 Å². The second-order valence-corrected chi connectivity index (χ2v) is 6.79. The molecule has 0 aliphatic carbocycles. The summed E-state index contributed by atoms with van der Waals surface area (Å²) in [6.45, 7) is 2.95. The van der Waals surface area contributed by atoms with Crippen LogP contribution in [0.15, 0.2) is 18.2 Å². The predicted octanol–water partition coefficient (Wildman–Crippen LogP) is 0.837. The summed E-state index contributed by atoms with van der Waals surface area (Å²) in [4.78, 5) is 24.8. The summed E-state index contributed by atoms with van der Waals surface area (Å²) in [5, 5.41) is 7.81. The second-order valence-electron chi connectivity index (χ2n) is 6.79. The number of amides is 1. The molecule has 1 fully saturated rings. The number of nitrogens with two attached hydrogens (primary N) is 2. The highest BCUT2D eigenvalue weighted by Crippen LogP contribution is 2.36. The summed E-state index contributed by atoms with van der Waals surface area (Å²) in [6.07, 6.45) is 0.821. The number of anilines is 1. The maximum Gasteiger partial charge on any atom is 0.254 e. The summed E-state index contributed by atoms with van der Waals surface area (Å²) in [5.74, 6) is -0.526. The first-order chi connectivity index (χ1) is 13.4. The summed E-state index contributed by atoms with van der Waals surface area (Å²) in [6, 6.07) is 5.13. The lowest BCUT2D eigenvalue weighted by Gasteiger charge is -2.16. The number of aromatic nitrogens is 2. The van der Waals surface area contributed by atoms with Crippen molar-refractivity contribution in [3.63, 3.8) is 0 Å². The van der Waals surface area contributed by atoms with E-state index in [1.165, 1.54) is 21.1 Å². The Labute approximate surface area is 163 Å². The zero-order chi connectivity index (χ0) is 20.4. The van der Waals surface area contributed by atoms with Gasteiger partial charge in [0.05, 0.1) is 31.9 Å². The molecule has 0 saturated carbocycles. The Kier molecular flexibility index (Phi) is 5.55. The van der Waals surface area contributed by atoms with E-state index in [0.717, 1.165) is 13.0 Å². The Hall–Kier alpha value is -3.07. The molecule has 2 unspecified atom stereocenters. The number of methoxy groups -OCH3 is 2. The molecular weight excluding hydrogens is 362 g/mol. The van der Waals surface area contributed by atoms with Crippen LogP contribution in [0, 0.1) is 0 Å². The minimum absolute atomic E-state index is 0.000645. The van der Waals surface area contributed by atoms with Gasteiger partial charge in [-0.3, -0.25) is 9.59 Å². The predicted molar refractivity (Wildman–Crippen MR) is 104 cm³/mol. The van der Waals surface area contributed by atoms with Gasteiger partial charge in [-0.1, -0.05) is 0 Å². The Balaban J connectivity index is 2.19. The smallest absolute Gasteiger partial charge is 0.254 e. The number of carbonyl (C=O) groups is 2. The van der Waals surface area contributed by atoms with Crippen LogP contribution in [-0.4, -0.2) is 48.8 Å². The third-order valence-electron chi connectivity index (χ3n) is 4.99. The number of Topliss-reactive ketones (excluding diaryl/α,β-unsaturated/α-hetero) is 1. The lowest BCUT2D eigenvalue weighted by Crippen LogP contribution is -2.19. The number of hydrogen-bond acceptors (Lipinski definition) is 7. The van der Waals surface area contributed by atoms with Crippen LogP contribution in [0.5, 0.6) is 11.5 Å². The van der Waals surface area contributed by atoms with Crippen LogP contribution in [0.25, 0.3) is 0 Å². The van der Waals surface area contributed by atoms with Gasteiger partial charge in [-0.25, -0.2) is 4.68 Å². The van der Waals surface area contributed by atoms with Crippen LogP contribution in [0.3, 0.4) is 0 Å². The normalized spacial score (nSPS) is 17.3. The Bertz CT molecular complexity index is 880. The van der Waals surface area contributed by atoms with Gasteiger partial charge in [-0.05, 0) is 37.6 Å². The SMILES string of the molecule is COc1cc(OC)cc(C(C(C)=O)c2nn(C3CCNC3)c(N)c2C(N)=O)c1. The van der Waals surface area contributed by atoms with E-state index in [-0.39, 0.29) is 28.9 Å². The zero-order valence-electron chi connectivity index (χ0n) is 16.2. The number of ketones is 1. The quantitative estimate of drug-likeness (QED) is 0.640. The van der Waals surface area contributed by atoms with Gasteiger partial charge in [-0.15, -0.1) is 0 Å².